The number of hydrogen-bond donors (Lipinski definition) is 1. The Labute approximate surface area is 217 Å². The van der Waals surface area contributed by atoms with E-state index in [-0.39, 0.29) is 42.5 Å². The Balaban J connectivity index is 1.47. The number of amides is 1. The molecule has 2 aliphatic heterocycles. The lowest BCUT2D eigenvalue weighted by molar-refractivity contribution is -0.138. The smallest absolute Gasteiger partial charge is 0.246 e. The molecular weight excluding hydrogens is 560 g/mol. The predicted molar refractivity (Wildman–Crippen MR) is 144 cm³/mol. The molecule has 1 fully saturated rings. The quantitative estimate of drug-likeness (QED) is 0.261. The number of halogens is 2. The third kappa shape index (κ3) is 5.74. The molecular formula is C27H35FINO3Si. The number of rotatable bonds is 7. The van der Waals surface area contributed by atoms with E-state index in [1.165, 1.54) is 14.7 Å². The molecule has 0 unspecified atom stereocenters. The van der Waals surface area contributed by atoms with Gasteiger partial charge in [0, 0.05) is 15.7 Å². The lowest BCUT2D eigenvalue weighted by atomic mass is 9.93. The zero-order chi connectivity index (χ0) is 24.5. The standard InChI is InChI=1S/C27H35FINO3Si/c1-18-24(12-11-19-7-6-10-22(29)13-19)33-25(27(18)34(2,3)28)15-26(32)30-16-21-9-5-4-8-20(21)14-23(30)17-31/h4-10,13,18,23-25,27,31H,11-12,14-17H2,1-3H3/t18-,23+,24+,25-,27+/m1/s1. The fourth-order valence-corrected chi connectivity index (χ4v) is 9.06. The topological polar surface area (TPSA) is 49.8 Å². The van der Waals surface area contributed by atoms with Gasteiger partial charge in [-0.25, -0.2) is 0 Å². The Hall–Kier alpha value is -1.29. The van der Waals surface area contributed by atoms with Crippen LogP contribution in [-0.2, 0) is 28.9 Å². The van der Waals surface area contributed by atoms with Gasteiger partial charge >= 0.3 is 0 Å². The minimum absolute atomic E-state index is 0.0488. The Morgan fingerprint density at radius 3 is 2.59 bits per heavy atom. The van der Waals surface area contributed by atoms with Crippen molar-refractivity contribution in [1.29, 1.82) is 0 Å². The van der Waals surface area contributed by atoms with Crippen LogP contribution >= 0.6 is 22.6 Å². The molecule has 1 N–H and O–H groups in total. The van der Waals surface area contributed by atoms with Crippen LogP contribution in [0.25, 0.3) is 0 Å². The molecule has 4 rings (SSSR count). The van der Waals surface area contributed by atoms with Crippen LogP contribution in [0.3, 0.4) is 0 Å². The number of fused-ring (bicyclic) bond motifs is 1. The summed E-state index contributed by atoms with van der Waals surface area (Å²) in [6.45, 7) is 5.98. The average Bonchev–Trinajstić information content (AvgIpc) is 3.11. The largest absolute Gasteiger partial charge is 0.394 e. The molecule has 184 valence electrons. The van der Waals surface area contributed by atoms with Crippen LogP contribution in [0.2, 0.25) is 18.6 Å². The van der Waals surface area contributed by atoms with E-state index in [1.54, 1.807) is 18.0 Å². The Morgan fingerprint density at radius 1 is 1.18 bits per heavy atom. The summed E-state index contributed by atoms with van der Waals surface area (Å²) in [7, 11) is -3.05. The summed E-state index contributed by atoms with van der Waals surface area (Å²) >= 11 is 2.32. The average molecular weight is 596 g/mol. The monoisotopic (exact) mass is 595 g/mol. The van der Waals surface area contributed by atoms with Gasteiger partial charge in [0.25, 0.3) is 0 Å². The van der Waals surface area contributed by atoms with Gasteiger partial charge in [-0.2, -0.15) is 0 Å². The van der Waals surface area contributed by atoms with Crippen LogP contribution in [0.5, 0.6) is 0 Å². The van der Waals surface area contributed by atoms with E-state index in [9.17, 15) is 9.90 Å². The van der Waals surface area contributed by atoms with Gasteiger partial charge in [-0.15, -0.1) is 0 Å². The number of aryl methyl sites for hydroxylation is 1. The Morgan fingerprint density at radius 2 is 1.91 bits per heavy atom. The number of carbonyl (C=O) groups excluding carboxylic acids is 1. The second kappa shape index (κ2) is 10.8. The van der Waals surface area contributed by atoms with Crippen molar-refractivity contribution in [3.8, 4) is 0 Å². The maximum absolute atomic E-state index is 15.5. The molecule has 4 nitrogen and oxygen atoms in total. The van der Waals surface area contributed by atoms with Gasteiger partial charge in [-0.1, -0.05) is 43.3 Å². The summed E-state index contributed by atoms with van der Waals surface area (Å²) in [6, 6.07) is 16.3. The van der Waals surface area contributed by atoms with E-state index in [1.807, 2.05) is 18.2 Å². The summed E-state index contributed by atoms with van der Waals surface area (Å²) in [5.74, 6) is 0.0234. The molecule has 2 aromatic rings. The van der Waals surface area contributed by atoms with Crippen molar-refractivity contribution in [2.75, 3.05) is 6.61 Å². The van der Waals surface area contributed by atoms with Gasteiger partial charge in [0.2, 0.25) is 14.3 Å². The molecule has 7 heteroatoms. The maximum atomic E-state index is 15.5. The number of aliphatic hydroxyl groups is 1. The first kappa shape index (κ1) is 25.8. The molecule has 2 aliphatic rings. The number of benzene rings is 2. The molecule has 34 heavy (non-hydrogen) atoms. The summed E-state index contributed by atoms with van der Waals surface area (Å²) < 4.78 is 23.2. The van der Waals surface area contributed by atoms with Gasteiger partial charge in [-0.05, 0) is 89.7 Å². The highest BCUT2D eigenvalue weighted by molar-refractivity contribution is 14.1. The first-order chi connectivity index (χ1) is 16.2. The van der Waals surface area contributed by atoms with Crippen LogP contribution in [0.1, 0.15) is 36.5 Å². The second-order valence-electron chi connectivity index (χ2n) is 10.4. The highest BCUT2D eigenvalue weighted by Crippen LogP contribution is 2.47. The number of aliphatic hydroxyl groups excluding tert-OH is 1. The second-order valence-corrected chi connectivity index (χ2v) is 15.4. The van der Waals surface area contributed by atoms with Gasteiger partial charge in [0.05, 0.1) is 31.3 Å². The predicted octanol–water partition coefficient (Wildman–Crippen LogP) is 5.51. The van der Waals surface area contributed by atoms with E-state index >= 15 is 4.11 Å². The lowest BCUT2D eigenvalue weighted by Crippen LogP contribution is -2.48. The maximum Gasteiger partial charge on any atom is 0.246 e. The van der Waals surface area contributed by atoms with Crippen molar-refractivity contribution in [2.45, 2.75) is 76.0 Å². The third-order valence-electron chi connectivity index (χ3n) is 7.56. The van der Waals surface area contributed by atoms with Crippen molar-refractivity contribution in [3.05, 3.63) is 68.8 Å². The normalized spacial score (nSPS) is 27.0. The lowest BCUT2D eigenvalue weighted by Gasteiger charge is -2.37. The number of nitrogens with zero attached hydrogens (tertiary/aromatic N) is 1. The van der Waals surface area contributed by atoms with Gasteiger partial charge in [-0.3, -0.25) is 4.79 Å². The summed E-state index contributed by atoms with van der Waals surface area (Å²) in [6.07, 6.45) is 2.05. The summed E-state index contributed by atoms with van der Waals surface area (Å²) in [4.78, 5) is 15.2. The van der Waals surface area contributed by atoms with E-state index in [4.69, 9.17) is 4.74 Å². The van der Waals surface area contributed by atoms with E-state index < -0.39 is 14.5 Å². The fraction of sp³-hybridized carbons (Fsp3) is 0.519. The van der Waals surface area contributed by atoms with Crippen LogP contribution in [0.15, 0.2) is 48.5 Å². The first-order valence-electron chi connectivity index (χ1n) is 12.2. The molecule has 2 aromatic carbocycles. The highest BCUT2D eigenvalue weighted by atomic mass is 127. The van der Waals surface area contributed by atoms with Crippen molar-refractivity contribution in [2.24, 2.45) is 5.92 Å². The molecule has 0 aliphatic carbocycles. The molecule has 0 aromatic heterocycles. The summed E-state index contributed by atoms with van der Waals surface area (Å²) in [5, 5.41) is 9.98. The molecule has 0 saturated carbocycles. The molecule has 0 spiro atoms. The number of carbonyl (C=O) groups is 1. The van der Waals surface area contributed by atoms with Crippen molar-refractivity contribution < 1.29 is 18.7 Å². The number of hydrogen-bond acceptors (Lipinski definition) is 3. The Kier molecular flexibility index (Phi) is 8.16. The Bertz CT molecular complexity index is 1010. The minimum atomic E-state index is -3.05. The minimum Gasteiger partial charge on any atom is -0.394 e. The molecule has 2 heterocycles. The van der Waals surface area contributed by atoms with Gasteiger partial charge < -0.3 is 18.9 Å². The van der Waals surface area contributed by atoms with Gasteiger partial charge in [0.1, 0.15) is 0 Å². The molecule has 1 saturated heterocycles. The van der Waals surface area contributed by atoms with Crippen molar-refractivity contribution in [1.82, 2.24) is 4.90 Å². The molecule has 0 bridgehead atoms. The first-order valence-corrected chi connectivity index (χ1v) is 16.3. The number of ether oxygens (including phenoxy) is 1. The zero-order valence-electron chi connectivity index (χ0n) is 20.2. The highest BCUT2D eigenvalue weighted by Gasteiger charge is 2.52. The van der Waals surface area contributed by atoms with Gasteiger partial charge in [0.15, 0.2) is 0 Å². The molecule has 5 atom stereocenters. The SMILES string of the molecule is C[C@H]1[C@H]([Si](C)(C)F)[C@@H](CC(=O)N2Cc3ccccc3C[C@H]2CO)O[C@H]1CCc1cccc(I)c1. The third-order valence-corrected chi connectivity index (χ3v) is 10.7. The van der Waals surface area contributed by atoms with Crippen LogP contribution in [0.4, 0.5) is 4.11 Å². The van der Waals surface area contributed by atoms with E-state index in [0.29, 0.717) is 13.0 Å². The van der Waals surface area contributed by atoms with E-state index in [0.717, 1.165) is 18.4 Å². The van der Waals surface area contributed by atoms with Crippen LogP contribution in [0, 0.1) is 9.49 Å². The fourth-order valence-electron chi connectivity index (χ4n) is 5.91. The van der Waals surface area contributed by atoms with Crippen LogP contribution in [-0.4, -0.2) is 49.2 Å². The molecule has 1 amide bonds. The molecule has 0 radical (unpaired) electrons. The van der Waals surface area contributed by atoms with Crippen LogP contribution < -0.4 is 0 Å². The zero-order valence-corrected chi connectivity index (χ0v) is 23.4. The van der Waals surface area contributed by atoms with Crippen molar-refractivity contribution >= 4 is 36.9 Å². The van der Waals surface area contributed by atoms with Crippen molar-refractivity contribution in [3.63, 3.8) is 0 Å². The van der Waals surface area contributed by atoms with E-state index in [2.05, 4.69) is 59.8 Å². The summed E-state index contributed by atoms with van der Waals surface area (Å²) in [5.41, 5.74) is 3.34.